The first-order chi connectivity index (χ1) is 7.85. The summed E-state index contributed by atoms with van der Waals surface area (Å²) in [6, 6.07) is 0.218. The molecule has 96 valence electrons. The third kappa shape index (κ3) is 3.56. The van der Waals surface area contributed by atoms with Gasteiger partial charge in [0, 0.05) is 24.5 Å². The van der Waals surface area contributed by atoms with Gasteiger partial charge in [0.1, 0.15) is 5.54 Å². The van der Waals surface area contributed by atoms with E-state index in [1.165, 1.54) is 0 Å². The van der Waals surface area contributed by atoms with Crippen molar-refractivity contribution in [1.29, 1.82) is 0 Å². The molecule has 5 nitrogen and oxygen atoms in total. The van der Waals surface area contributed by atoms with Crippen molar-refractivity contribution >= 4 is 5.97 Å². The first kappa shape index (κ1) is 13.7. The molecule has 0 aromatic carbocycles. The number of carboxylic acids is 1. The van der Waals surface area contributed by atoms with Crippen molar-refractivity contribution < 1.29 is 9.90 Å². The molecule has 0 saturated carbocycles. The number of aliphatic carboxylic acids is 1. The van der Waals surface area contributed by atoms with Crippen LogP contribution in [-0.4, -0.2) is 32.2 Å². The average Bonchev–Trinajstić information content (AvgIpc) is 2.68. The smallest absolute Gasteiger partial charge is 0.323 e. The van der Waals surface area contributed by atoms with Crippen LogP contribution in [0.15, 0.2) is 18.7 Å². The second-order valence-electron chi connectivity index (χ2n) is 5.00. The van der Waals surface area contributed by atoms with Crippen LogP contribution in [0, 0.1) is 0 Å². The summed E-state index contributed by atoms with van der Waals surface area (Å²) in [7, 11) is 0. The molecule has 0 amide bonds. The Kier molecular flexibility index (Phi) is 4.28. The van der Waals surface area contributed by atoms with E-state index in [2.05, 4.69) is 10.3 Å². The van der Waals surface area contributed by atoms with Gasteiger partial charge in [0.15, 0.2) is 0 Å². The van der Waals surface area contributed by atoms with Gasteiger partial charge in [-0.05, 0) is 34.1 Å². The van der Waals surface area contributed by atoms with E-state index >= 15 is 0 Å². The first-order valence-corrected chi connectivity index (χ1v) is 5.83. The second-order valence-corrected chi connectivity index (χ2v) is 5.00. The van der Waals surface area contributed by atoms with E-state index < -0.39 is 11.5 Å². The van der Waals surface area contributed by atoms with Crippen molar-refractivity contribution in [2.24, 2.45) is 0 Å². The molecule has 1 rings (SSSR count). The highest BCUT2D eigenvalue weighted by Crippen LogP contribution is 2.21. The summed E-state index contributed by atoms with van der Waals surface area (Å²) in [6.07, 6.45) is 5.77. The minimum atomic E-state index is -0.919. The average molecular weight is 239 g/mol. The molecule has 1 aromatic heterocycles. The number of imidazole rings is 1. The van der Waals surface area contributed by atoms with Crippen LogP contribution in [0.4, 0.5) is 0 Å². The lowest BCUT2D eigenvalue weighted by Crippen LogP contribution is -2.53. The largest absolute Gasteiger partial charge is 0.480 e. The third-order valence-corrected chi connectivity index (χ3v) is 2.82. The Bertz CT molecular complexity index is 362. The Balaban J connectivity index is 2.76. The summed E-state index contributed by atoms with van der Waals surface area (Å²) in [5, 5.41) is 12.5. The molecule has 5 heteroatoms. The summed E-state index contributed by atoms with van der Waals surface area (Å²) < 4.78 is 1.92. The van der Waals surface area contributed by atoms with Gasteiger partial charge in [-0.3, -0.25) is 10.1 Å². The summed E-state index contributed by atoms with van der Waals surface area (Å²) in [6.45, 7) is 7.61. The molecular formula is C12H21N3O2. The number of hydrogen-bond acceptors (Lipinski definition) is 3. The van der Waals surface area contributed by atoms with Crippen molar-refractivity contribution in [3.05, 3.63) is 18.7 Å². The van der Waals surface area contributed by atoms with Crippen molar-refractivity contribution in [1.82, 2.24) is 14.9 Å². The van der Waals surface area contributed by atoms with Crippen LogP contribution in [0.25, 0.3) is 0 Å². The number of rotatable bonds is 6. The highest BCUT2D eigenvalue weighted by Gasteiger charge is 2.35. The fourth-order valence-corrected chi connectivity index (χ4v) is 2.07. The van der Waals surface area contributed by atoms with Crippen molar-refractivity contribution in [3.63, 3.8) is 0 Å². The fraction of sp³-hybridized carbons (Fsp3) is 0.667. The fourth-order valence-electron chi connectivity index (χ4n) is 2.07. The summed E-state index contributed by atoms with van der Waals surface area (Å²) in [5.41, 5.74) is -0.919. The minimum Gasteiger partial charge on any atom is -0.480 e. The normalized spacial score (nSPS) is 16.8. The second kappa shape index (κ2) is 5.31. The third-order valence-electron chi connectivity index (χ3n) is 2.82. The molecular weight excluding hydrogens is 218 g/mol. The molecule has 0 fully saturated rings. The predicted molar refractivity (Wildman–Crippen MR) is 65.9 cm³/mol. The maximum Gasteiger partial charge on any atom is 0.323 e. The van der Waals surface area contributed by atoms with Crippen LogP contribution in [0.1, 0.15) is 40.2 Å². The molecule has 0 bridgehead atoms. The van der Waals surface area contributed by atoms with Gasteiger partial charge in [-0.15, -0.1) is 0 Å². The summed E-state index contributed by atoms with van der Waals surface area (Å²) in [4.78, 5) is 15.3. The Labute approximate surface area is 102 Å². The van der Waals surface area contributed by atoms with Crippen LogP contribution >= 0.6 is 0 Å². The molecule has 2 unspecified atom stereocenters. The lowest BCUT2D eigenvalue weighted by atomic mass is 9.92. The van der Waals surface area contributed by atoms with Crippen LogP contribution in [0.3, 0.4) is 0 Å². The molecule has 0 aliphatic rings. The number of nitrogens with zero attached hydrogens (tertiary/aromatic N) is 2. The molecule has 1 heterocycles. The van der Waals surface area contributed by atoms with Crippen molar-refractivity contribution in [2.45, 2.75) is 51.7 Å². The van der Waals surface area contributed by atoms with Crippen LogP contribution < -0.4 is 5.32 Å². The quantitative estimate of drug-likeness (QED) is 0.792. The zero-order valence-corrected chi connectivity index (χ0v) is 10.8. The molecule has 0 saturated heterocycles. The molecule has 0 radical (unpaired) electrons. The molecule has 0 spiro atoms. The molecule has 1 aromatic rings. The predicted octanol–water partition coefficient (Wildman–Crippen LogP) is 1.68. The Morgan fingerprint density at radius 2 is 2.18 bits per heavy atom. The highest BCUT2D eigenvalue weighted by atomic mass is 16.4. The monoisotopic (exact) mass is 239 g/mol. The van der Waals surface area contributed by atoms with E-state index in [1.54, 1.807) is 19.4 Å². The first-order valence-electron chi connectivity index (χ1n) is 5.83. The lowest BCUT2D eigenvalue weighted by Gasteiger charge is -2.31. The van der Waals surface area contributed by atoms with Gasteiger partial charge in [0.25, 0.3) is 0 Å². The van der Waals surface area contributed by atoms with Crippen LogP contribution in [-0.2, 0) is 4.79 Å². The zero-order chi connectivity index (χ0) is 13.1. The highest BCUT2D eigenvalue weighted by molar-refractivity contribution is 5.78. The van der Waals surface area contributed by atoms with Crippen LogP contribution in [0.5, 0.6) is 0 Å². The number of carboxylic acid groups (broad SMARTS) is 1. The minimum absolute atomic E-state index is 0.0878. The number of carbonyl (C=O) groups is 1. The molecule has 2 atom stereocenters. The lowest BCUT2D eigenvalue weighted by molar-refractivity contribution is -0.145. The Hall–Kier alpha value is -1.36. The Morgan fingerprint density at radius 1 is 1.53 bits per heavy atom. The van der Waals surface area contributed by atoms with Gasteiger partial charge in [-0.2, -0.15) is 0 Å². The van der Waals surface area contributed by atoms with E-state index in [4.69, 9.17) is 0 Å². The molecule has 17 heavy (non-hydrogen) atoms. The zero-order valence-electron chi connectivity index (χ0n) is 10.8. The molecule has 0 aliphatic carbocycles. The number of aromatic nitrogens is 2. The van der Waals surface area contributed by atoms with E-state index in [0.29, 0.717) is 6.42 Å². The maximum atomic E-state index is 11.4. The Morgan fingerprint density at radius 3 is 2.59 bits per heavy atom. The summed E-state index contributed by atoms with van der Waals surface area (Å²) >= 11 is 0. The van der Waals surface area contributed by atoms with E-state index in [0.717, 1.165) is 0 Å². The standard InChI is InChI=1S/C12H21N3O2/c1-9(2)14-12(4,11(16)17)7-10(3)15-6-5-13-8-15/h5-6,8-10,14H,7H2,1-4H3,(H,16,17). The molecule has 0 aliphatic heterocycles. The van der Waals surface area contributed by atoms with Crippen molar-refractivity contribution in [3.8, 4) is 0 Å². The van der Waals surface area contributed by atoms with Gasteiger partial charge in [-0.1, -0.05) is 0 Å². The number of nitrogens with one attached hydrogen (secondary N) is 1. The van der Waals surface area contributed by atoms with Gasteiger partial charge in [-0.25, -0.2) is 4.98 Å². The van der Waals surface area contributed by atoms with Crippen LogP contribution in [0.2, 0.25) is 0 Å². The van der Waals surface area contributed by atoms with Gasteiger partial charge >= 0.3 is 5.97 Å². The van der Waals surface area contributed by atoms with E-state index in [1.807, 2.05) is 31.5 Å². The van der Waals surface area contributed by atoms with Crippen molar-refractivity contribution in [2.75, 3.05) is 0 Å². The van der Waals surface area contributed by atoms with E-state index in [-0.39, 0.29) is 12.1 Å². The maximum absolute atomic E-state index is 11.4. The van der Waals surface area contributed by atoms with Gasteiger partial charge in [0.05, 0.1) is 6.33 Å². The topological polar surface area (TPSA) is 67.2 Å². The number of hydrogen-bond donors (Lipinski definition) is 2. The SMILES string of the molecule is CC(C)NC(C)(CC(C)n1ccnc1)C(=O)O. The summed E-state index contributed by atoms with van der Waals surface area (Å²) in [5.74, 6) is -0.821. The van der Waals surface area contributed by atoms with Gasteiger partial charge < -0.3 is 9.67 Å². The molecule has 2 N–H and O–H groups in total. The van der Waals surface area contributed by atoms with E-state index in [9.17, 15) is 9.90 Å². The van der Waals surface area contributed by atoms with Gasteiger partial charge in [0.2, 0.25) is 0 Å².